The Balaban J connectivity index is 3.03. The topological polar surface area (TPSA) is 111 Å². The summed E-state index contributed by atoms with van der Waals surface area (Å²) in [5, 5.41) is 0. The molecule has 3 N–H and O–H groups in total. The zero-order valence-corrected chi connectivity index (χ0v) is 6.25. The van der Waals surface area contributed by atoms with Crippen LogP contribution >= 0.6 is 0 Å². The molecule has 2 aliphatic rings. The van der Waals surface area contributed by atoms with Gasteiger partial charge in [-0.1, -0.05) is 0 Å². The first-order chi connectivity index (χ1) is 6.16. The van der Waals surface area contributed by atoms with Crippen LogP contribution in [0, 0.1) is 0 Å². The molecule has 0 unspecified atom stereocenters. The summed E-state index contributed by atoms with van der Waals surface area (Å²) in [5.41, 5.74) is -1.74. The van der Waals surface area contributed by atoms with E-state index in [-0.39, 0.29) is 11.4 Å². The molecule has 7 nitrogen and oxygen atoms in total. The number of aromatic amines is 3. The second-order valence-corrected chi connectivity index (χ2v) is 2.38. The third-order valence-corrected chi connectivity index (χ3v) is 1.51. The van der Waals surface area contributed by atoms with E-state index in [1.807, 2.05) is 4.98 Å². The van der Waals surface area contributed by atoms with Crippen LogP contribution in [0.4, 0.5) is 0 Å². The Hall–Kier alpha value is -2.18. The monoisotopic (exact) mass is 180 g/mol. The minimum atomic E-state index is -0.778. The fourth-order valence-electron chi connectivity index (χ4n) is 0.972. The van der Waals surface area contributed by atoms with Gasteiger partial charge in [-0.25, -0.2) is 9.59 Å². The van der Waals surface area contributed by atoms with Crippen LogP contribution in [-0.2, 0) is 0 Å². The van der Waals surface area contributed by atoms with Gasteiger partial charge in [-0.05, 0) is 0 Å². The van der Waals surface area contributed by atoms with Crippen LogP contribution in [-0.4, -0.2) is 19.9 Å². The Morgan fingerprint density at radius 3 is 2.69 bits per heavy atom. The smallest absolute Gasteiger partial charge is 0.313 e. The van der Waals surface area contributed by atoms with Gasteiger partial charge in [0.15, 0.2) is 5.82 Å². The lowest BCUT2D eigenvalue weighted by molar-refractivity contribution is 0.958. The Morgan fingerprint density at radius 1 is 1.15 bits per heavy atom. The van der Waals surface area contributed by atoms with Crippen LogP contribution in [0.2, 0.25) is 0 Å². The molecule has 0 aromatic carbocycles. The van der Waals surface area contributed by atoms with Crippen molar-refractivity contribution in [3.63, 3.8) is 0 Å². The SMILES string of the molecule is O=c1nc2[nH]c(=O)[nH]cc-2c(=O)[nH]1. The van der Waals surface area contributed by atoms with E-state index in [2.05, 4.69) is 15.0 Å². The van der Waals surface area contributed by atoms with Crippen molar-refractivity contribution in [1.29, 1.82) is 0 Å². The molecule has 0 amide bonds. The third-order valence-electron chi connectivity index (χ3n) is 1.51. The van der Waals surface area contributed by atoms with Gasteiger partial charge in [-0.3, -0.25) is 14.8 Å². The second-order valence-electron chi connectivity index (χ2n) is 2.38. The lowest BCUT2D eigenvalue weighted by Gasteiger charge is -1.98. The Bertz CT molecular complexity index is 578. The third kappa shape index (κ3) is 1.15. The highest BCUT2D eigenvalue weighted by atomic mass is 16.2. The molecule has 0 aromatic heterocycles. The minimum Gasteiger partial charge on any atom is -0.313 e. The largest absolute Gasteiger partial charge is 0.349 e. The number of rotatable bonds is 0. The van der Waals surface area contributed by atoms with Gasteiger partial charge in [0.1, 0.15) is 0 Å². The average molecular weight is 180 g/mol. The number of nitrogens with zero attached hydrogens (tertiary/aromatic N) is 1. The maximum Gasteiger partial charge on any atom is 0.349 e. The predicted octanol–water partition coefficient (Wildman–Crippen LogP) is -1.75. The molecule has 2 aliphatic heterocycles. The van der Waals surface area contributed by atoms with Crippen molar-refractivity contribution in [3.8, 4) is 11.4 Å². The quantitative estimate of drug-likeness (QED) is 0.446. The molecule has 2 rings (SSSR count). The molecular weight excluding hydrogens is 176 g/mol. The van der Waals surface area contributed by atoms with Crippen LogP contribution in [0.25, 0.3) is 11.4 Å². The number of H-pyrrole nitrogens is 3. The van der Waals surface area contributed by atoms with E-state index >= 15 is 0 Å². The molecule has 0 atom stereocenters. The van der Waals surface area contributed by atoms with E-state index in [9.17, 15) is 14.4 Å². The van der Waals surface area contributed by atoms with Gasteiger partial charge >= 0.3 is 11.4 Å². The Morgan fingerprint density at radius 2 is 1.92 bits per heavy atom. The molecule has 0 fully saturated rings. The molecule has 0 bridgehead atoms. The minimum absolute atomic E-state index is 0.0162. The summed E-state index contributed by atoms with van der Waals surface area (Å²) < 4.78 is 0. The summed E-state index contributed by atoms with van der Waals surface area (Å²) in [5.74, 6) is -0.0162. The van der Waals surface area contributed by atoms with Crippen LogP contribution in [0.3, 0.4) is 0 Å². The molecule has 7 heteroatoms. The van der Waals surface area contributed by atoms with Crippen molar-refractivity contribution in [2.45, 2.75) is 0 Å². The zero-order valence-electron chi connectivity index (χ0n) is 6.25. The van der Waals surface area contributed by atoms with Crippen LogP contribution in [0.15, 0.2) is 20.6 Å². The van der Waals surface area contributed by atoms with Gasteiger partial charge in [0.05, 0.1) is 5.56 Å². The number of nitrogens with one attached hydrogen (secondary N) is 3. The molecule has 13 heavy (non-hydrogen) atoms. The van der Waals surface area contributed by atoms with Crippen LogP contribution < -0.4 is 16.9 Å². The predicted molar refractivity (Wildman–Crippen MR) is 42.7 cm³/mol. The molecule has 0 saturated carbocycles. The normalized spacial score (nSPS) is 10.5. The summed E-state index contributed by atoms with van der Waals surface area (Å²) in [7, 11) is 0. The molecule has 0 radical (unpaired) electrons. The number of fused-ring (bicyclic) bond motifs is 1. The fourth-order valence-corrected chi connectivity index (χ4v) is 0.972. The van der Waals surface area contributed by atoms with Gasteiger partial charge in [0.2, 0.25) is 0 Å². The second kappa shape index (κ2) is 2.41. The Kier molecular flexibility index (Phi) is 1.38. The van der Waals surface area contributed by atoms with Gasteiger partial charge < -0.3 is 4.98 Å². The fraction of sp³-hybridized carbons (Fsp3) is 0. The van der Waals surface area contributed by atoms with Crippen molar-refractivity contribution in [2.75, 3.05) is 0 Å². The van der Waals surface area contributed by atoms with E-state index in [0.29, 0.717) is 0 Å². The van der Waals surface area contributed by atoms with Gasteiger partial charge in [-0.15, -0.1) is 0 Å². The summed E-state index contributed by atoms with van der Waals surface area (Å²) in [4.78, 5) is 42.4. The summed E-state index contributed by atoms with van der Waals surface area (Å²) in [6, 6.07) is 0. The highest BCUT2D eigenvalue weighted by Crippen LogP contribution is 2.01. The van der Waals surface area contributed by atoms with Gasteiger partial charge in [0.25, 0.3) is 5.56 Å². The van der Waals surface area contributed by atoms with E-state index in [1.165, 1.54) is 6.20 Å². The van der Waals surface area contributed by atoms with Gasteiger partial charge in [0, 0.05) is 6.20 Å². The molecule has 66 valence electrons. The number of aromatic nitrogens is 4. The van der Waals surface area contributed by atoms with Crippen molar-refractivity contribution < 1.29 is 0 Å². The summed E-state index contributed by atoms with van der Waals surface area (Å²) in [6.07, 6.45) is 1.19. The highest BCUT2D eigenvalue weighted by Gasteiger charge is 2.08. The molecule has 2 heterocycles. The van der Waals surface area contributed by atoms with E-state index < -0.39 is 16.9 Å². The van der Waals surface area contributed by atoms with E-state index in [1.54, 1.807) is 0 Å². The van der Waals surface area contributed by atoms with Crippen molar-refractivity contribution >= 4 is 0 Å². The first kappa shape index (κ1) is 7.47. The number of hydrogen-bond donors (Lipinski definition) is 3. The van der Waals surface area contributed by atoms with Crippen molar-refractivity contribution in [2.24, 2.45) is 0 Å². The molecule has 0 aromatic rings. The first-order valence-electron chi connectivity index (χ1n) is 3.39. The van der Waals surface area contributed by atoms with Crippen molar-refractivity contribution in [1.82, 2.24) is 19.9 Å². The Labute approximate surface area is 69.8 Å². The molecular formula is C6H4N4O3. The van der Waals surface area contributed by atoms with Gasteiger partial charge in [-0.2, -0.15) is 4.98 Å². The first-order valence-corrected chi connectivity index (χ1v) is 3.39. The van der Waals surface area contributed by atoms with E-state index in [4.69, 9.17) is 0 Å². The molecule has 0 spiro atoms. The maximum atomic E-state index is 11.1. The van der Waals surface area contributed by atoms with E-state index in [0.717, 1.165) is 0 Å². The summed E-state index contributed by atoms with van der Waals surface area (Å²) in [6.45, 7) is 0. The molecule has 0 saturated heterocycles. The van der Waals surface area contributed by atoms with Crippen molar-refractivity contribution in [3.05, 3.63) is 37.5 Å². The summed E-state index contributed by atoms with van der Waals surface area (Å²) >= 11 is 0. The standard InChI is InChI=1S/C6H4N4O3/c11-4-2-1-7-5(12)8-3(2)9-6(13)10-4/h1H,(H3,7,8,9,10,11,12,13). The number of hydrogen-bond acceptors (Lipinski definition) is 4. The maximum absolute atomic E-state index is 11.1. The lowest BCUT2D eigenvalue weighted by atomic mass is 10.3. The lowest BCUT2D eigenvalue weighted by Crippen LogP contribution is -2.28. The van der Waals surface area contributed by atoms with Crippen LogP contribution in [0.5, 0.6) is 0 Å². The van der Waals surface area contributed by atoms with Crippen LogP contribution in [0.1, 0.15) is 0 Å². The molecule has 0 aliphatic carbocycles. The highest BCUT2D eigenvalue weighted by molar-refractivity contribution is 5.51. The average Bonchev–Trinajstić information content (AvgIpc) is 2.02. The zero-order chi connectivity index (χ0) is 9.42.